The zero-order chi connectivity index (χ0) is 14.2. The van der Waals surface area contributed by atoms with Gasteiger partial charge in [-0.3, -0.25) is 24.5 Å². The third-order valence-electron chi connectivity index (χ3n) is 3.26. The molecule has 1 aliphatic heterocycles. The summed E-state index contributed by atoms with van der Waals surface area (Å²) in [6.07, 6.45) is 0. The van der Waals surface area contributed by atoms with Crippen molar-refractivity contribution in [3.8, 4) is 0 Å². The minimum absolute atomic E-state index is 0.190. The van der Waals surface area contributed by atoms with Crippen LogP contribution in [0.2, 0.25) is 0 Å². The minimum atomic E-state index is -0.324. The van der Waals surface area contributed by atoms with Crippen LogP contribution in [0.3, 0.4) is 0 Å². The van der Waals surface area contributed by atoms with E-state index in [1.54, 1.807) is 6.92 Å². The van der Waals surface area contributed by atoms with Gasteiger partial charge in [0.25, 0.3) is 0 Å². The number of halogens is 1. The van der Waals surface area contributed by atoms with E-state index in [2.05, 4.69) is 26.3 Å². The van der Waals surface area contributed by atoms with Crippen molar-refractivity contribution in [3.05, 3.63) is 15.9 Å². The van der Waals surface area contributed by atoms with Gasteiger partial charge < -0.3 is 0 Å². The summed E-state index contributed by atoms with van der Waals surface area (Å²) in [7, 11) is 0. The van der Waals surface area contributed by atoms with Crippen molar-refractivity contribution in [1.82, 2.24) is 20.0 Å². The molecule has 1 saturated heterocycles. The third-order valence-corrected chi connectivity index (χ3v) is 4.29. The number of nitrogens with one attached hydrogen (secondary N) is 1. The van der Waals surface area contributed by atoms with E-state index in [9.17, 15) is 9.59 Å². The lowest BCUT2D eigenvalue weighted by Gasteiger charge is -2.29. The SMILES string of the molecule is CCn1nc(C)c(Br)c1CN1C(=O)CNC(C)C1=O. The molecule has 0 saturated carbocycles. The molecule has 0 spiro atoms. The fraction of sp³-hybridized carbons (Fsp3) is 0.583. The van der Waals surface area contributed by atoms with Gasteiger partial charge in [-0.25, -0.2) is 0 Å². The maximum atomic E-state index is 12.1. The molecule has 2 heterocycles. The Bertz CT molecular complexity index is 526. The first-order valence-electron chi connectivity index (χ1n) is 6.25. The third kappa shape index (κ3) is 2.57. The summed E-state index contributed by atoms with van der Waals surface area (Å²) in [6.45, 7) is 6.80. The standard InChI is InChI=1S/C12H17BrN4O2/c1-4-17-9(11(13)7(2)15-17)6-16-10(18)5-14-8(3)12(16)19/h8,14H,4-6H2,1-3H3. The molecule has 1 atom stereocenters. The van der Waals surface area contributed by atoms with E-state index < -0.39 is 0 Å². The Labute approximate surface area is 120 Å². The van der Waals surface area contributed by atoms with E-state index in [0.717, 1.165) is 15.9 Å². The van der Waals surface area contributed by atoms with Crippen LogP contribution in [-0.4, -0.2) is 39.1 Å². The molecule has 1 N–H and O–H groups in total. The van der Waals surface area contributed by atoms with Gasteiger partial charge in [0.1, 0.15) is 0 Å². The molecule has 6 nitrogen and oxygen atoms in total. The second-order valence-electron chi connectivity index (χ2n) is 4.58. The average Bonchev–Trinajstić information content (AvgIpc) is 2.66. The minimum Gasteiger partial charge on any atom is -0.298 e. The summed E-state index contributed by atoms with van der Waals surface area (Å²) in [5, 5.41) is 7.24. The molecule has 2 rings (SSSR count). The van der Waals surface area contributed by atoms with Gasteiger partial charge in [-0.05, 0) is 36.7 Å². The maximum Gasteiger partial charge on any atom is 0.246 e. The summed E-state index contributed by atoms with van der Waals surface area (Å²) >= 11 is 3.48. The highest BCUT2D eigenvalue weighted by atomic mass is 79.9. The maximum absolute atomic E-state index is 12.1. The van der Waals surface area contributed by atoms with Gasteiger partial charge in [-0.1, -0.05) is 0 Å². The second-order valence-corrected chi connectivity index (χ2v) is 5.38. The fourth-order valence-corrected chi connectivity index (χ4v) is 2.53. The topological polar surface area (TPSA) is 67.2 Å². The van der Waals surface area contributed by atoms with Gasteiger partial charge in [-0.2, -0.15) is 5.10 Å². The molecule has 104 valence electrons. The van der Waals surface area contributed by atoms with Crippen molar-refractivity contribution in [3.63, 3.8) is 0 Å². The smallest absolute Gasteiger partial charge is 0.246 e. The predicted molar refractivity (Wildman–Crippen MR) is 73.4 cm³/mol. The molecular weight excluding hydrogens is 312 g/mol. The Morgan fingerprint density at radius 3 is 2.79 bits per heavy atom. The normalized spacial score (nSPS) is 20.2. The van der Waals surface area contributed by atoms with Crippen LogP contribution < -0.4 is 5.32 Å². The van der Waals surface area contributed by atoms with E-state index in [0.29, 0.717) is 6.54 Å². The number of hydrogen-bond acceptors (Lipinski definition) is 4. The molecule has 1 aliphatic rings. The molecule has 2 amide bonds. The molecule has 0 bridgehead atoms. The van der Waals surface area contributed by atoms with E-state index >= 15 is 0 Å². The Hall–Kier alpha value is -1.21. The van der Waals surface area contributed by atoms with Crippen molar-refractivity contribution >= 4 is 27.7 Å². The molecule has 1 unspecified atom stereocenters. The molecule has 19 heavy (non-hydrogen) atoms. The zero-order valence-electron chi connectivity index (χ0n) is 11.2. The van der Waals surface area contributed by atoms with Crippen molar-refractivity contribution in [2.75, 3.05) is 6.54 Å². The highest BCUT2D eigenvalue weighted by Crippen LogP contribution is 2.23. The van der Waals surface area contributed by atoms with Crippen molar-refractivity contribution in [2.45, 2.75) is 39.9 Å². The lowest BCUT2D eigenvalue weighted by molar-refractivity contribution is -0.149. The zero-order valence-corrected chi connectivity index (χ0v) is 12.8. The van der Waals surface area contributed by atoms with Gasteiger partial charge in [0.2, 0.25) is 11.8 Å². The molecule has 0 aromatic carbocycles. The quantitative estimate of drug-likeness (QED) is 0.834. The number of carbonyl (C=O) groups excluding carboxylic acids is 2. The number of hydrogen-bond donors (Lipinski definition) is 1. The predicted octanol–water partition coefficient (Wildman–Crippen LogP) is 0.821. The highest BCUT2D eigenvalue weighted by Gasteiger charge is 2.32. The van der Waals surface area contributed by atoms with Gasteiger partial charge >= 0.3 is 0 Å². The molecule has 1 fully saturated rings. The largest absolute Gasteiger partial charge is 0.298 e. The number of aryl methyl sites for hydroxylation is 2. The van der Waals surface area contributed by atoms with E-state index in [-0.39, 0.29) is 30.9 Å². The monoisotopic (exact) mass is 328 g/mol. The molecule has 0 aliphatic carbocycles. The summed E-state index contributed by atoms with van der Waals surface area (Å²) in [4.78, 5) is 25.2. The van der Waals surface area contributed by atoms with Crippen LogP contribution in [0.4, 0.5) is 0 Å². The fourth-order valence-electron chi connectivity index (χ4n) is 2.12. The lowest BCUT2D eigenvalue weighted by atomic mass is 10.2. The molecule has 7 heteroatoms. The number of aromatic nitrogens is 2. The van der Waals surface area contributed by atoms with E-state index in [4.69, 9.17) is 0 Å². The number of carbonyl (C=O) groups is 2. The molecule has 1 aromatic rings. The van der Waals surface area contributed by atoms with Crippen LogP contribution in [0.25, 0.3) is 0 Å². The van der Waals surface area contributed by atoms with Crippen LogP contribution in [0, 0.1) is 6.92 Å². The first kappa shape index (κ1) is 14.2. The van der Waals surface area contributed by atoms with Crippen molar-refractivity contribution < 1.29 is 9.59 Å². The van der Waals surface area contributed by atoms with Crippen LogP contribution in [0.1, 0.15) is 25.2 Å². The van der Waals surface area contributed by atoms with Gasteiger partial charge in [0, 0.05) is 6.54 Å². The van der Waals surface area contributed by atoms with Gasteiger partial charge in [-0.15, -0.1) is 0 Å². The Balaban J connectivity index is 2.29. The number of amides is 2. The molecule has 0 radical (unpaired) electrons. The lowest BCUT2D eigenvalue weighted by Crippen LogP contribution is -2.56. The Morgan fingerprint density at radius 2 is 2.16 bits per heavy atom. The summed E-state index contributed by atoms with van der Waals surface area (Å²) < 4.78 is 2.67. The molecular formula is C12H17BrN4O2. The average molecular weight is 329 g/mol. The summed E-state index contributed by atoms with van der Waals surface area (Å²) in [5.41, 5.74) is 1.72. The molecule has 1 aromatic heterocycles. The number of imide groups is 1. The van der Waals surface area contributed by atoms with E-state index in [1.807, 2.05) is 18.5 Å². The van der Waals surface area contributed by atoms with Crippen LogP contribution in [-0.2, 0) is 22.7 Å². The van der Waals surface area contributed by atoms with Crippen LogP contribution in [0.5, 0.6) is 0 Å². The number of nitrogens with zero attached hydrogens (tertiary/aromatic N) is 3. The first-order chi connectivity index (χ1) is 8.95. The summed E-state index contributed by atoms with van der Waals surface area (Å²) in [6, 6.07) is -0.324. The van der Waals surface area contributed by atoms with Crippen molar-refractivity contribution in [2.24, 2.45) is 0 Å². The van der Waals surface area contributed by atoms with Gasteiger partial charge in [0.15, 0.2) is 0 Å². The first-order valence-corrected chi connectivity index (χ1v) is 7.04. The highest BCUT2D eigenvalue weighted by molar-refractivity contribution is 9.10. The summed E-state index contributed by atoms with van der Waals surface area (Å²) in [5.74, 6) is -0.388. The van der Waals surface area contributed by atoms with Crippen molar-refractivity contribution in [1.29, 1.82) is 0 Å². The van der Waals surface area contributed by atoms with Crippen LogP contribution in [0.15, 0.2) is 4.47 Å². The number of rotatable bonds is 3. The van der Waals surface area contributed by atoms with E-state index in [1.165, 1.54) is 4.90 Å². The van der Waals surface area contributed by atoms with Crippen LogP contribution >= 0.6 is 15.9 Å². The Morgan fingerprint density at radius 1 is 1.47 bits per heavy atom. The Kier molecular flexibility index (Phi) is 4.05. The second kappa shape index (κ2) is 5.42. The van der Waals surface area contributed by atoms with Gasteiger partial charge in [0.05, 0.1) is 35.0 Å². The number of piperazine rings is 1.